The molecule has 0 saturated heterocycles. The number of carbonyl (C=O) groups excluding carboxylic acids is 1. The van der Waals surface area contributed by atoms with E-state index in [-0.39, 0.29) is 16.3 Å². The number of nitrogens with zero attached hydrogens (tertiary/aromatic N) is 1. The second-order valence-corrected chi connectivity index (χ2v) is 8.86. The summed E-state index contributed by atoms with van der Waals surface area (Å²) in [5.41, 5.74) is 0.435. The largest absolute Gasteiger partial charge is 0.497 e. The molecule has 7 heteroatoms. The third-order valence-corrected chi connectivity index (χ3v) is 6.31. The molecule has 146 valence electrons. The van der Waals surface area contributed by atoms with E-state index in [1.165, 1.54) is 23.5 Å². The van der Waals surface area contributed by atoms with Crippen LogP contribution in [-0.2, 0) is 10.0 Å². The molecular weight excluding hydrogens is 364 g/mol. The Kier molecular flexibility index (Phi) is 6.15. The molecule has 0 aliphatic heterocycles. The summed E-state index contributed by atoms with van der Waals surface area (Å²) in [6.07, 6.45) is 0.761. The van der Waals surface area contributed by atoms with Gasteiger partial charge in [-0.3, -0.25) is 9.10 Å². The van der Waals surface area contributed by atoms with Crippen LogP contribution in [0.2, 0.25) is 0 Å². The van der Waals surface area contributed by atoms with E-state index in [9.17, 15) is 13.2 Å². The molecule has 0 spiro atoms. The summed E-state index contributed by atoms with van der Waals surface area (Å²) in [5, 5.41) is 2.91. The summed E-state index contributed by atoms with van der Waals surface area (Å²) in [6, 6.07) is 12.8. The average Bonchev–Trinajstić information content (AvgIpc) is 2.67. The van der Waals surface area contributed by atoms with Gasteiger partial charge in [0.2, 0.25) is 0 Å². The van der Waals surface area contributed by atoms with Crippen LogP contribution in [-0.4, -0.2) is 34.0 Å². The Labute approximate surface area is 161 Å². The van der Waals surface area contributed by atoms with Gasteiger partial charge in [0.1, 0.15) is 5.75 Å². The maximum absolute atomic E-state index is 13.0. The molecule has 0 atom stereocenters. The second kappa shape index (κ2) is 8.00. The van der Waals surface area contributed by atoms with Crippen LogP contribution in [0.5, 0.6) is 5.75 Å². The lowest BCUT2D eigenvalue weighted by Gasteiger charge is -2.25. The third kappa shape index (κ3) is 4.80. The maximum Gasteiger partial charge on any atom is 0.264 e. The van der Waals surface area contributed by atoms with Gasteiger partial charge in [-0.1, -0.05) is 13.0 Å². The van der Waals surface area contributed by atoms with E-state index in [1.807, 2.05) is 20.8 Å². The van der Waals surface area contributed by atoms with Gasteiger partial charge in [-0.05, 0) is 62.7 Å². The minimum Gasteiger partial charge on any atom is -0.497 e. The zero-order valence-electron chi connectivity index (χ0n) is 16.3. The van der Waals surface area contributed by atoms with Crippen LogP contribution < -0.4 is 14.4 Å². The minimum absolute atomic E-state index is 0.0581. The van der Waals surface area contributed by atoms with Crippen LogP contribution in [0.25, 0.3) is 0 Å². The Morgan fingerprint density at radius 1 is 1.15 bits per heavy atom. The fourth-order valence-corrected chi connectivity index (χ4v) is 3.60. The van der Waals surface area contributed by atoms with Crippen molar-refractivity contribution in [3.05, 3.63) is 54.1 Å². The first-order chi connectivity index (χ1) is 12.6. The van der Waals surface area contributed by atoms with Crippen LogP contribution in [0.1, 0.15) is 37.6 Å². The third-order valence-electron chi connectivity index (χ3n) is 4.53. The molecule has 1 N–H and O–H groups in total. The standard InChI is InChI=1S/C20H26N2O4S/c1-6-20(2,3)21-19(23)15-8-7-9-18(14-15)27(24,25)22(4)16-10-12-17(26-5)13-11-16/h7-14H,6H2,1-5H3,(H,21,23). The van der Waals surface area contributed by atoms with E-state index in [0.717, 1.165) is 6.42 Å². The van der Waals surface area contributed by atoms with E-state index in [4.69, 9.17) is 4.74 Å². The number of benzene rings is 2. The summed E-state index contributed by atoms with van der Waals surface area (Å²) >= 11 is 0. The van der Waals surface area contributed by atoms with Gasteiger partial charge in [0, 0.05) is 18.2 Å². The highest BCUT2D eigenvalue weighted by atomic mass is 32.2. The van der Waals surface area contributed by atoms with Crippen LogP contribution >= 0.6 is 0 Å². The number of methoxy groups -OCH3 is 1. The highest BCUT2D eigenvalue weighted by Gasteiger charge is 2.24. The summed E-state index contributed by atoms with van der Waals surface area (Å²) in [6.45, 7) is 5.82. The lowest BCUT2D eigenvalue weighted by Crippen LogP contribution is -2.42. The van der Waals surface area contributed by atoms with Crippen molar-refractivity contribution in [3.63, 3.8) is 0 Å². The van der Waals surface area contributed by atoms with Gasteiger partial charge in [0.15, 0.2) is 0 Å². The number of nitrogens with one attached hydrogen (secondary N) is 1. The van der Waals surface area contributed by atoms with Crippen molar-refractivity contribution >= 4 is 21.6 Å². The Morgan fingerprint density at radius 2 is 1.78 bits per heavy atom. The first kappa shape index (κ1) is 20.8. The number of rotatable bonds is 7. The van der Waals surface area contributed by atoms with Gasteiger partial charge in [0.05, 0.1) is 17.7 Å². The number of hydrogen-bond acceptors (Lipinski definition) is 4. The zero-order valence-corrected chi connectivity index (χ0v) is 17.1. The van der Waals surface area contributed by atoms with Crippen molar-refractivity contribution < 1.29 is 17.9 Å². The van der Waals surface area contributed by atoms with E-state index in [2.05, 4.69) is 5.32 Å². The summed E-state index contributed by atoms with van der Waals surface area (Å²) in [4.78, 5) is 12.5. The molecule has 0 unspecified atom stereocenters. The first-order valence-corrected chi connectivity index (χ1v) is 10.1. The fraction of sp³-hybridized carbons (Fsp3) is 0.350. The normalized spacial score (nSPS) is 11.7. The predicted octanol–water partition coefficient (Wildman–Crippen LogP) is 3.44. The van der Waals surface area contributed by atoms with Gasteiger partial charge >= 0.3 is 0 Å². The van der Waals surface area contributed by atoms with Crippen LogP contribution in [0.15, 0.2) is 53.4 Å². The van der Waals surface area contributed by atoms with E-state index < -0.39 is 10.0 Å². The van der Waals surface area contributed by atoms with Gasteiger partial charge in [-0.25, -0.2) is 8.42 Å². The van der Waals surface area contributed by atoms with E-state index >= 15 is 0 Å². The quantitative estimate of drug-likeness (QED) is 0.786. The SMILES string of the molecule is CCC(C)(C)NC(=O)c1cccc(S(=O)(=O)N(C)c2ccc(OC)cc2)c1. The fourth-order valence-electron chi connectivity index (χ4n) is 2.35. The molecule has 1 amide bonds. The van der Waals surface area contributed by atoms with Gasteiger partial charge in [-0.2, -0.15) is 0 Å². The van der Waals surface area contributed by atoms with Crippen molar-refractivity contribution in [3.8, 4) is 5.75 Å². The number of sulfonamides is 1. The number of anilines is 1. The van der Waals surface area contributed by atoms with Gasteiger partial charge in [-0.15, -0.1) is 0 Å². The lowest BCUT2D eigenvalue weighted by atomic mass is 10.0. The monoisotopic (exact) mass is 390 g/mol. The minimum atomic E-state index is -3.80. The number of ether oxygens (including phenoxy) is 1. The Balaban J connectivity index is 2.31. The number of carbonyl (C=O) groups is 1. The lowest BCUT2D eigenvalue weighted by molar-refractivity contribution is 0.0911. The van der Waals surface area contributed by atoms with E-state index in [1.54, 1.807) is 43.5 Å². The topological polar surface area (TPSA) is 75.7 Å². The number of amides is 1. The molecule has 2 rings (SSSR count). The van der Waals surface area contributed by atoms with Crippen molar-refractivity contribution in [1.82, 2.24) is 5.32 Å². The van der Waals surface area contributed by atoms with Gasteiger partial charge in [0.25, 0.3) is 15.9 Å². The first-order valence-electron chi connectivity index (χ1n) is 8.66. The van der Waals surface area contributed by atoms with Gasteiger partial charge < -0.3 is 10.1 Å². The van der Waals surface area contributed by atoms with E-state index in [0.29, 0.717) is 17.0 Å². The number of hydrogen-bond donors (Lipinski definition) is 1. The van der Waals surface area contributed by atoms with Crippen molar-refractivity contribution in [2.75, 3.05) is 18.5 Å². The van der Waals surface area contributed by atoms with Crippen molar-refractivity contribution in [2.24, 2.45) is 0 Å². The molecule has 0 fully saturated rings. The van der Waals surface area contributed by atoms with Crippen LogP contribution in [0.3, 0.4) is 0 Å². The Bertz CT molecular complexity index is 906. The Morgan fingerprint density at radius 3 is 2.33 bits per heavy atom. The molecule has 0 bridgehead atoms. The molecule has 2 aromatic carbocycles. The van der Waals surface area contributed by atoms with Crippen molar-refractivity contribution in [2.45, 2.75) is 37.6 Å². The molecule has 0 radical (unpaired) electrons. The van der Waals surface area contributed by atoms with Crippen LogP contribution in [0, 0.1) is 0 Å². The molecule has 0 aromatic heterocycles. The highest BCUT2D eigenvalue weighted by Crippen LogP contribution is 2.25. The molecule has 6 nitrogen and oxygen atoms in total. The maximum atomic E-state index is 13.0. The molecule has 0 aliphatic rings. The van der Waals surface area contributed by atoms with Crippen LogP contribution in [0.4, 0.5) is 5.69 Å². The molecule has 0 aliphatic carbocycles. The highest BCUT2D eigenvalue weighted by molar-refractivity contribution is 7.92. The predicted molar refractivity (Wildman–Crippen MR) is 107 cm³/mol. The molecule has 0 heterocycles. The molecular formula is C20H26N2O4S. The molecule has 27 heavy (non-hydrogen) atoms. The molecule has 2 aromatic rings. The van der Waals surface area contributed by atoms with Crippen molar-refractivity contribution in [1.29, 1.82) is 0 Å². The summed E-state index contributed by atoms with van der Waals surface area (Å²) < 4.78 is 32.2. The zero-order chi connectivity index (χ0) is 20.2. The average molecular weight is 391 g/mol. The molecule has 0 saturated carbocycles. The smallest absolute Gasteiger partial charge is 0.264 e. The summed E-state index contributed by atoms with van der Waals surface area (Å²) in [5.74, 6) is 0.341. The Hall–Kier alpha value is -2.54. The summed E-state index contributed by atoms with van der Waals surface area (Å²) in [7, 11) is -0.781. The second-order valence-electron chi connectivity index (χ2n) is 6.89.